The number of carbonyl (C=O) groups excluding carboxylic acids is 3. The van der Waals surface area contributed by atoms with Crippen molar-refractivity contribution < 1.29 is 24.2 Å². The minimum absolute atomic E-state index is 0.182. The number of rotatable bonds is 6. The Hall–Kier alpha value is -2.95. The van der Waals surface area contributed by atoms with E-state index in [1.54, 1.807) is 0 Å². The first-order valence-electron chi connectivity index (χ1n) is 12.5. The molecule has 2 aliphatic carbocycles. The van der Waals surface area contributed by atoms with Gasteiger partial charge in [0, 0.05) is 27.2 Å². The summed E-state index contributed by atoms with van der Waals surface area (Å²) < 4.78 is 7.18. The summed E-state index contributed by atoms with van der Waals surface area (Å²) in [5.74, 6) is -2.51. The van der Waals surface area contributed by atoms with Crippen molar-refractivity contribution >= 4 is 17.7 Å². The van der Waals surface area contributed by atoms with Crippen LogP contribution in [0.4, 0.5) is 0 Å². The van der Waals surface area contributed by atoms with Gasteiger partial charge in [-0.2, -0.15) is 0 Å². The Morgan fingerprint density at radius 3 is 2.49 bits per heavy atom. The number of hydrogen-bond donors (Lipinski definition) is 3. The van der Waals surface area contributed by atoms with Crippen LogP contribution in [-0.4, -0.2) is 70.6 Å². The van der Waals surface area contributed by atoms with Crippen LogP contribution in [0.2, 0.25) is 0 Å². The predicted octanol–water partition coefficient (Wildman–Crippen LogP) is 0.632. The molecule has 4 aliphatic rings. The Balaban J connectivity index is 1.56. The van der Waals surface area contributed by atoms with Crippen LogP contribution in [0.5, 0.6) is 5.75 Å². The van der Waals surface area contributed by atoms with E-state index in [0.717, 1.165) is 38.5 Å². The summed E-state index contributed by atoms with van der Waals surface area (Å²) in [6.45, 7) is 0.886. The predicted molar refractivity (Wildman–Crippen MR) is 126 cm³/mol. The zero-order chi connectivity index (χ0) is 25.2. The average Bonchev–Trinajstić information content (AvgIpc) is 3.10. The standard InChI is InChI=1S/C24H35N5O6/c1-28(2)22(34)20(32)27-24-10-8-15(9-11-24)14-29-21(33)18(30)17(26-23(24)29)19(31)25-12-13-35-16-6-4-3-5-7-16/h15-16,30H,3-14H2,1-2H3,(H,25,31)(H,27,32). The largest absolute Gasteiger partial charge is 0.501 e. The van der Waals surface area contributed by atoms with Crippen molar-refractivity contribution in [2.24, 2.45) is 5.92 Å². The van der Waals surface area contributed by atoms with Crippen LogP contribution >= 0.6 is 0 Å². The van der Waals surface area contributed by atoms with Gasteiger partial charge >= 0.3 is 11.8 Å². The average molecular weight is 490 g/mol. The fourth-order valence-corrected chi connectivity index (χ4v) is 5.43. The number of ether oxygens (including phenoxy) is 1. The summed E-state index contributed by atoms with van der Waals surface area (Å²) in [7, 11) is 2.97. The number of nitrogens with one attached hydrogen (secondary N) is 2. The van der Waals surface area contributed by atoms with E-state index in [1.807, 2.05) is 0 Å². The van der Waals surface area contributed by atoms with Gasteiger partial charge in [-0.3, -0.25) is 23.7 Å². The highest BCUT2D eigenvalue weighted by Crippen LogP contribution is 2.42. The molecule has 0 unspecified atom stereocenters. The molecule has 2 aliphatic heterocycles. The van der Waals surface area contributed by atoms with Crippen LogP contribution < -0.4 is 16.2 Å². The van der Waals surface area contributed by atoms with Crippen LogP contribution in [0.1, 0.15) is 74.1 Å². The molecule has 35 heavy (non-hydrogen) atoms. The molecule has 5 rings (SSSR count). The van der Waals surface area contributed by atoms with Gasteiger partial charge in [0.15, 0.2) is 5.69 Å². The second-order valence-electron chi connectivity index (χ2n) is 10.1. The van der Waals surface area contributed by atoms with Gasteiger partial charge in [0.05, 0.1) is 18.2 Å². The molecule has 1 aromatic heterocycles. The topological polar surface area (TPSA) is 143 Å². The van der Waals surface area contributed by atoms with E-state index in [4.69, 9.17) is 4.74 Å². The van der Waals surface area contributed by atoms with Crippen molar-refractivity contribution in [2.45, 2.75) is 76.0 Å². The van der Waals surface area contributed by atoms with Crippen molar-refractivity contribution in [3.63, 3.8) is 0 Å². The van der Waals surface area contributed by atoms with Crippen LogP contribution in [0.25, 0.3) is 0 Å². The highest BCUT2D eigenvalue weighted by atomic mass is 16.5. The van der Waals surface area contributed by atoms with Gasteiger partial charge in [-0.05, 0) is 44.4 Å². The number of likely N-dealkylation sites (N-methyl/N-ethyl adjacent to an activating group) is 1. The monoisotopic (exact) mass is 489 g/mol. The van der Waals surface area contributed by atoms with Crippen molar-refractivity contribution in [3.8, 4) is 5.75 Å². The summed E-state index contributed by atoms with van der Waals surface area (Å²) in [5.41, 5.74) is -2.16. The molecule has 0 aromatic carbocycles. The van der Waals surface area contributed by atoms with Gasteiger partial charge in [0.1, 0.15) is 5.82 Å². The molecule has 3 heterocycles. The van der Waals surface area contributed by atoms with Crippen LogP contribution in [0.3, 0.4) is 0 Å². The number of nitrogens with zero attached hydrogens (tertiary/aromatic N) is 3. The molecule has 2 fully saturated rings. The van der Waals surface area contributed by atoms with Gasteiger partial charge in [-0.25, -0.2) is 4.98 Å². The maximum atomic E-state index is 13.1. The Labute approximate surface area is 204 Å². The van der Waals surface area contributed by atoms with E-state index in [1.165, 1.54) is 30.0 Å². The molecule has 0 spiro atoms. The number of amides is 3. The maximum Gasteiger partial charge on any atom is 0.311 e. The van der Waals surface area contributed by atoms with E-state index < -0.39 is 34.6 Å². The van der Waals surface area contributed by atoms with Gasteiger partial charge in [0.25, 0.3) is 11.5 Å². The number of aromatic nitrogens is 2. The third-order valence-electron chi connectivity index (χ3n) is 7.43. The third kappa shape index (κ3) is 5.19. The maximum absolute atomic E-state index is 13.1. The molecule has 11 nitrogen and oxygen atoms in total. The van der Waals surface area contributed by atoms with E-state index in [0.29, 0.717) is 26.0 Å². The molecule has 2 saturated carbocycles. The van der Waals surface area contributed by atoms with E-state index >= 15 is 0 Å². The molecule has 0 atom stereocenters. The van der Waals surface area contributed by atoms with Crippen LogP contribution in [0.15, 0.2) is 4.79 Å². The number of carbonyl (C=O) groups is 3. The Kier molecular flexibility index (Phi) is 7.44. The lowest BCUT2D eigenvalue weighted by atomic mass is 9.77. The summed E-state index contributed by atoms with van der Waals surface area (Å²) in [6, 6.07) is 0. The molecule has 3 amide bonds. The molecule has 11 heteroatoms. The molecule has 192 valence electrons. The van der Waals surface area contributed by atoms with Gasteiger partial charge in [0.2, 0.25) is 5.75 Å². The fourth-order valence-electron chi connectivity index (χ4n) is 5.43. The lowest BCUT2D eigenvalue weighted by Gasteiger charge is -2.37. The van der Waals surface area contributed by atoms with Gasteiger partial charge in [-0.15, -0.1) is 0 Å². The van der Waals surface area contributed by atoms with Crippen molar-refractivity contribution in [1.82, 2.24) is 25.1 Å². The second-order valence-corrected chi connectivity index (χ2v) is 10.1. The fraction of sp³-hybridized carbons (Fsp3) is 0.708. The Morgan fingerprint density at radius 2 is 1.83 bits per heavy atom. The molecular formula is C24H35N5O6. The van der Waals surface area contributed by atoms with Gasteiger partial charge in [-0.1, -0.05) is 19.3 Å². The number of fused-ring (bicyclic) bond motifs is 2. The third-order valence-corrected chi connectivity index (χ3v) is 7.43. The second kappa shape index (κ2) is 10.3. The van der Waals surface area contributed by atoms with Crippen LogP contribution in [-0.2, 0) is 26.4 Å². The normalized spacial score (nSPS) is 23.8. The van der Waals surface area contributed by atoms with E-state index in [-0.39, 0.29) is 30.1 Å². The summed E-state index contributed by atoms with van der Waals surface area (Å²) in [5, 5.41) is 16.0. The van der Waals surface area contributed by atoms with Crippen molar-refractivity contribution in [1.29, 1.82) is 0 Å². The SMILES string of the molecule is CN(C)C(=O)C(=O)NC12CCC(CC1)Cn1c2nc(C(=O)NCCOC2CCCCC2)c(O)c1=O. The molecule has 2 bridgehead atoms. The first-order valence-corrected chi connectivity index (χ1v) is 12.5. The first-order chi connectivity index (χ1) is 16.7. The molecule has 1 aromatic rings. The highest BCUT2D eigenvalue weighted by Gasteiger charge is 2.46. The Bertz CT molecular complexity index is 1040. The zero-order valence-corrected chi connectivity index (χ0v) is 20.5. The lowest BCUT2D eigenvalue weighted by Crippen LogP contribution is -2.53. The van der Waals surface area contributed by atoms with E-state index in [2.05, 4.69) is 15.6 Å². The van der Waals surface area contributed by atoms with Crippen LogP contribution in [0, 0.1) is 5.92 Å². The molecule has 0 saturated heterocycles. The van der Waals surface area contributed by atoms with Gasteiger partial charge < -0.3 is 25.4 Å². The first kappa shape index (κ1) is 25.2. The zero-order valence-electron chi connectivity index (χ0n) is 20.5. The number of hydrogen-bond acceptors (Lipinski definition) is 7. The summed E-state index contributed by atoms with van der Waals surface area (Å²) in [4.78, 5) is 56.5. The van der Waals surface area contributed by atoms with E-state index in [9.17, 15) is 24.3 Å². The summed E-state index contributed by atoms with van der Waals surface area (Å²) in [6.07, 6.45) is 8.16. The molecular weight excluding hydrogens is 454 g/mol. The highest BCUT2D eigenvalue weighted by molar-refractivity contribution is 6.35. The smallest absolute Gasteiger partial charge is 0.311 e. The quantitative estimate of drug-likeness (QED) is 0.393. The molecule has 0 radical (unpaired) electrons. The summed E-state index contributed by atoms with van der Waals surface area (Å²) >= 11 is 0. The lowest BCUT2D eigenvalue weighted by molar-refractivity contribution is -0.145. The Morgan fingerprint density at radius 1 is 1.14 bits per heavy atom. The van der Waals surface area contributed by atoms with Crippen molar-refractivity contribution in [2.75, 3.05) is 27.2 Å². The number of aromatic hydroxyl groups is 1. The minimum Gasteiger partial charge on any atom is -0.501 e. The minimum atomic E-state index is -1.07. The van der Waals surface area contributed by atoms with Crippen molar-refractivity contribution in [3.05, 3.63) is 21.9 Å². The molecule has 3 N–H and O–H groups in total.